The fraction of sp³-hybridized carbons (Fsp3) is 0.296. The van der Waals surface area contributed by atoms with Crippen molar-refractivity contribution in [2.45, 2.75) is 5.92 Å². The van der Waals surface area contributed by atoms with Crippen LogP contribution in [0.4, 0.5) is 26.0 Å². The Morgan fingerprint density at radius 1 is 1.03 bits per heavy atom. The summed E-state index contributed by atoms with van der Waals surface area (Å²) in [6.07, 6.45) is 7.38. The highest BCUT2D eigenvalue weighted by Crippen LogP contribution is 2.43. The van der Waals surface area contributed by atoms with Crippen molar-refractivity contribution in [1.82, 2.24) is 29.5 Å². The van der Waals surface area contributed by atoms with Gasteiger partial charge in [-0.15, -0.1) is 0 Å². The maximum Gasteiger partial charge on any atom is 0.259 e. The minimum atomic E-state index is -2.60. The van der Waals surface area contributed by atoms with E-state index in [0.717, 1.165) is 33.5 Å². The van der Waals surface area contributed by atoms with Crippen molar-refractivity contribution in [2.75, 3.05) is 43.4 Å². The van der Waals surface area contributed by atoms with Crippen LogP contribution in [0, 0.1) is 11.8 Å². The molecular formula is C27H26F2N8. The summed E-state index contributed by atoms with van der Waals surface area (Å²) < 4.78 is 31.4. The number of rotatable bonds is 4. The number of imidazole rings is 1. The molecule has 2 unspecified atom stereocenters. The van der Waals surface area contributed by atoms with E-state index in [1.54, 1.807) is 12.4 Å². The van der Waals surface area contributed by atoms with Gasteiger partial charge in [-0.05, 0) is 37.4 Å². The molecule has 37 heavy (non-hydrogen) atoms. The number of nitrogens with one attached hydrogen (secondary N) is 2. The lowest BCUT2D eigenvalue weighted by atomic mass is 9.80. The zero-order chi connectivity index (χ0) is 25.1. The molecule has 2 atom stereocenters. The summed E-state index contributed by atoms with van der Waals surface area (Å²) in [5, 5.41) is 11.6. The number of alkyl halides is 2. The molecule has 5 heterocycles. The highest BCUT2D eigenvalue weighted by Gasteiger charge is 2.54. The summed E-state index contributed by atoms with van der Waals surface area (Å²) in [6, 6.07) is 14.0. The van der Waals surface area contributed by atoms with Crippen LogP contribution < -0.4 is 10.2 Å². The van der Waals surface area contributed by atoms with Crippen molar-refractivity contribution in [1.29, 1.82) is 0 Å². The van der Waals surface area contributed by atoms with Gasteiger partial charge >= 0.3 is 0 Å². The van der Waals surface area contributed by atoms with Gasteiger partial charge in [-0.3, -0.25) is 5.10 Å². The SMILES string of the molecule is CN1CC2CN(c3ccc(Nc4nc(-c5ccc6cn[nH]c6c5)cn5ccnc45)cc3)CC(C1)C2(F)F. The highest BCUT2D eigenvalue weighted by atomic mass is 19.3. The molecule has 8 nitrogen and oxygen atoms in total. The number of likely N-dealkylation sites (tertiary alicyclic amines) is 1. The van der Waals surface area contributed by atoms with Crippen LogP contribution in [-0.2, 0) is 0 Å². The van der Waals surface area contributed by atoms with Gasteiger partial charge < -0.3 is 19.5 Å². The maximum atomic E-state index is 14.7. The van der Waals surface area contributed by atoms with Crippen molar-refractivity contribution >= 4 is 33.7 Å². The Bertz CT molecular complexity index is 1570. The quantitative estimate of drug-likeness (QED) is 0.374. The second-order valence-electron chi connectivity index (χ2n) is 10.2. The lowest BCUT2D eigenvalue weighted by molar-refractivity contribution is -0.153. The third-order valence-electron chi connectivity index (χ3n) is 7.64. The smallest absolute Gasteiger partial charge is 0.259 e. The summed E-state index contributed by atoms with van der Waals surface area (Å²) >= 11 is 0. The average molecular weight is 501 g/mol. The van der Waals surface area contributed by atoms with E-state index >= 15 is 0 Å². The fourth-order valence-electron chi connectivity index (χ4n) is 5.72. The molecule has 5 aromatic rings. The number of piperidine rings is 2. The van der Waals surface area contributed by atoms with E-state index in [9.17, 15) is 8.78 Å². The second-order valence-corrected chi connectivity index (χ2v) is 10.2. The Hall–Kier alpha value is -4.05. The Balaban J connectivity index is 1.15. The first-order valence-electron chi connectivity index (χ1n) is 12.4. The Morgan fingerprint density at radius 2 is 1.81 bits per heavy atom. The minimum Gasteiger partial charge on any atom is -0.370 e. The number of halogens is 2. The lowest BCUT2D eigenvalue weighted by Crippen LogP contribution is -2.63. The van der Waals surface area contributed by atoms with E-state index in [2.05, 4.69) is 25.4 Å². The monoisotopic (exact) mass is 500 g/mol. The molecule has 0 aliphatic carbocycles. The molecule has 2 fully saturated rings. The molecular weight excluding hydrogens is 474 g/mol. The summed E-state index contributed by atoms with van der Waals surface area (Å²) in [5.74, 6) is -3.26. The number of aromatic nitrogens is 5. The largest absolute Gasteiger partial charge is 0.370 e. The fourth-order valence-corrected chi connectivity index (χ4v) is 5.72. The van der Waals surface area contributed by atoms with Gasteiger partial charge in [-0.2, -0.15) is 5.10 Å². The van der Waals surface area contributed by atoms with Gasteiger partial charge in [0, 0.05) is 67.1 Å². The van der Waals surface area contributed by atoms with E-state index in [-0.39, 0.29) is 0 Å². The van der Waals surface area contributed by atoms with Crippen LogP contribution in [0.25, 0.3) is 27.8 Å². The molecule has 2 aromatic carbocycles. The molecule has 0 saturated carbocycles. The number of aromatic amines is 1. The molecule has 2 bridgehead atoms. The zero-order valence-corrected chi connectivity index (χ0v) is 20.3. The van der Waals surface area contributed by atoms with E-state index in [4.69, 9.17) is 4.98 Å². The summed E-state index contributed by atoms with van der Waals surface area (Å²) in [4.78, 5) is 13.5. The van der Waals surface area contributed by atoms with E-state index in [0.29, 0.717) is 37.6 Å². The highest BCUT2D eigenvalue weighted by molar-refractivity contribution is 5.84. The van der Waals surface area contributed by atoms with Crippen LogP contribution >= 0.6 is 0 Å². The molecule has 7 rings (SSSR count). The topological polar surface area (TPSA) is 77.4 Å². The van der Waals surface area contributed by atoms with Crippen molar-refractivity contribution in [3.05, 3.63) is 67.3 Å². The number of anilines is 3. The number of H-pyrrole nitrogens is 1. The number of hydrogen-bond donors (Lipinski definition) is 2. The third kappa shape index (κ3) is 3.79. The van der Waals surface area contributed by atoms with Crippen molar-refractivity contribution in [3.8, 4) is 11.3 Å². The van der Waals surface area contributed by atoms with Crippen LogP contribution in [0.15, 0.2) is 67.3 Å². The standard InChI is InChI=1S/C27H26F2N8/c1-35-12-19-14-37(15-20(13-35)27(19,28)29)22-6-4-21(5-7-22)32-25-26-30-8-9-36(26)16-24(33-25)17-2-3-18-11-31-34-23(18)10-17/h2-11,16,19-20H,12-15H2,1H3,(H,31,34)(H,32,33). The van der Waals surface area contributed by atoms with Gasteiger partial charge in [0.05, 0.1) is 29.2 Å². The second kappa shape index (κ2) is 8.24. The number of fused-ring (bicyclic) bond motifs is 4. The van der Waals surface area contributed by atoms with Crippen LogP contribution in [0.1, 0.15) is 0 Å². The molecule has 0 amide bonds. The molecule has 0 radical (unpaired) electrons. The van der Waals surface area contributed by atoms with Gasteiger partial charge in [-0.25, -0.2) is 18.7 Å². The number of hydrogen-bond acceptors (Lipinski definition) is 6. The van der Waals surface area contributed by atoms with E-state index < -0.39 is 17.8 Å². The van der Waals surface area contributed by atoms with Gasteiger partial charge in [0.2, 0.25) is 0 Å². The Kier molecular flexibility index (Phi) is 4.94. The Morgan fingerprint density at radius 3 is 2.59 bits per heavy atom. The van der Waals surface area contributed by atoms with Gasteiger partial charge in [0.25, 0.3) is 5.92 Å². The summed E-state index contributed by atoms with van der Waals surface area (Å²) in [5.41, 5.74) is 5.23. The van der Waals surface area contributed by atoms with Crippen molar-refractivity contribution in [3.63, 3.8) is 0 Å². The predicted octanol–water partition coefficient (Wildman–Crippen LogP) is 4.65. The molecule has 188 valence electrons. The minimum absolute atomic E-state index is 0.361. The van der Waals surface area contributed by atoms with Gasteiger partial charge in [-0.1, -0.05) is 12.1 Å². The molecule has 10 heteroatoms. The van der Waals surface area contributed by atoms with Crippen LogP contribution in [-0.4, -0.2) is 68.6 Å². The molecule has 2 aliphatic heterocycles. The number of nitrogens with zero attached hydrogens (tertiary/aromatic N) is 6. The predicted molar refractivity (Wildman–Crippen MR) is 139 cm³/mol. The molecule has 0 spiro atoms. The Labute approximate surface area is 211 Å². The van der Waals surface area contributed by atoms with Gasteiger partial charge in [0.15, 0.2) is 11.5 Å². The zero-order valence-electron chi connectivity index (χ0n) is 20.3. The van der Waals surface area contributed by atoms with E-state index in [1.165, 1.54) is 0 Å². The number of benzene rings is 2. The van der Waals surface area contributed by atoms with Crippen molar-refractivity contribution in [2.24, 2.45) is 11.8 Å². The molecule has 3 aromatic heterocycles. The average Bonchev–Trinajstić information content (AvgIpc) is 3.54. The summed E-state index contributed by atoms with van der Waals surface area (Å²) in [7, 11) is 1.93. The van der Waals surface area contributed by atoms with Crippen LogP contribution in [0.3, 0.4) is 0 Å². The first kappa shape index (κ1) is 22.2. The first-order valence-corrected chi connectivity index (χ1v) is 12.4. The normalized spacial score (nSPS) is 21.5. The first-order chi connectivity index (χ1) is 17.9. The van der Waals surface area contributed by atoms with Crippen LogP contribution in [0.5, 0.6) is 0 Å². The molecule has 2 saturated heterocycles. The van der Waals surface area contributed by atoms with E-state index in [1.807, 2.05) is 71.2 Å². The summed E-state index contributed by atoms with van der Waals surface area (Å²) in [6.45, 7) is 1.57. The molecule has 2 aliphatic rings. The lowest BCUT2D eigenvalue weighted by Gasteiger charge is -2.50. The van der Waals surface area contributed by atoms with Crippen molar-refractivity contribution < 1.29 is 8.78 Å². The van der Waals surface area contributed by atoms with Crippen LogP contribution in [0.2, 0.25) is 0 Å². The maximum absolute atomic E-state index is 14.7. The van der Waals surface area contributed by atoms with Gasteiger partial charge in [0.1, 0.15) is 0 Å². The molecule has 2 N–H and O–H groups in total. The third-order valence-corrected chi connectivity index (χ3v) is 7.64.